The lowest BCUT2D eigenvalue weighted by Gasteiger charge is -2.09. The van der Waals surface area contributed by atoms with Crippen molar-refractivity contribution in [2.75, 3.05) is 0 Å². The summed E-state index contributed by atoms with van der Waals surface area (Å²) in [5, 5.41) is 18.3. The Hall–Kier alpha value is -2.94. The van der Waals surface area contributed by atoms with Crippen molar-refractivity contribution in [1.29, 1.82) is 0 Å². The van der Waals surface area contributed by atoms with Crippen LogP contribution in [-0.2, 0) is 6.61 Å². The van der Waals surface area contributed by atoms with E-state index in [1.54, 1.807) is 36.4 Å². The third-order valence-electron chi connectivity index (χ3n) is 2.91. The molecule has 0 fully saturated rings. The van der Waals surface area contributed by atoms with Crippen LogP contribution in [0.4, 0.5) is 5.69 Å². The fraction of sp³-hybridized carbons (Fsp3) is 0.0667. The van der Waals surface area contributed by atoms with Crippen LogP contribution in [0.1, 0.15) is 11.1 Å². The lowest BCUT2D eigenvalue weighted by Crippen LogP contribution is -2.21. The highest BCUT2D eigenvalue weighted by Gasteiger charge is 2.13. The number of nitro groups is 1. The third kappa shape index (κ3) is 4.78. The summed E-state index contributed by atoms with van der Waals surface area (Å²) >= 11 is 3.35. The molecule has 24 heavy (non-hydrogen) atoms. The smallest absolute Gasteiger partial charge is 0.276 e. The van der Waals surface area contributed by atoms with Crippen LogP contribution in [0.25, 0.3) is 0 Å². The van der Waals surface area contributed by atoms with Gasteiger partial charge in [0, 0.05) is 16.1 Å². The fourth-order valence-corrected chi connectivity index (χ4v) is 2.25. The Kier molecular flexibility index (Phi) is 5.85. The second-order valence-corrected chi connectivity index (χ2v) is 5.54. The Balaban J connectivity index is 2.23. The van der Waals surface area contributed by atoms with Crippen molar-refractivity contribution in [2.24, 2.45) is 21.7 Å². The van der Waals surface area contributed by atoms with Crippen molar-refractivity contribution in [3.05, 3.63) is 68.2 Å². The van der Waals surface area contributed by atoms with E-state index < -0.39 is 4.92 Å². The Bertz CT molecular complexity index is 803. The van der Waals surface area contributed by atoms with E-state index in [4.69, 9.17) is 16.2 Å². The number of guanidine groups is 1. The molecule has 0 saturated heterocycles. The van der Waals surface area contributed by atoms with E-state index in [9.17, 15) is 10.1 Å². The molecule has 124 valence electrons. The van der Waals surface area contributed by atoms with Crippen LogP contribution in [0, 0.1) is 10.1 Å². The third-order valence-corrected chi connectivity index (χ3v) is 3.41. The number of halogens is 1. The maximum atomic E-state index is 11.0. The number of hydrogen-bond donors (Lipinski definition) is 2. The summed E-state index contributed by atoms with van der Waals surface area (Å²) in [6.45, 7) is 0.0436. The maximum Gasteiger partial charge on any atom is 0.276 e. The van der Waals surface area contributed by atoms with Gasteiger partial charge >= 0.3 is 0 Å². The first kappa shape index (κ1) is 17.4. The van der Waals surface area contributed by atoms with Gasteiger partial charge in [0.25, 0.3) is 5.69 Å². The van der Waals surface area contributed by atoms with Crippen molar-refractivity contribution in [3.8, 4) is 5.75 Å². The molecule has 0 unspecified atom stereocenters. The Morgan fingerprint density at radius 3 is 2.75 bits per heavy atom. The Morgan fingerprint density at radius 1 is 1.29 bits per heavy atom. The number of nitrogens with zero attached hydrogens (tertiary/aromatic N) is 3. The van der Waals surface area contributed by atoms with Crippen LogP contribution < -0.4 is 16.2 Å². The Labute approximate surface area is 146 Å². The average molecular weight is 392 g/mol. The first-order valence-electron chi connectivity index (χ1n) is 6.74. The molecule has 4 N–H and O–H groups in total. The van der Waals surface area contributed by atoms with E-state index in [1.807, 2.05) is 0 Å². The van der Waals surface area contributed by atoms with Gasteiger partial charge in [-0.15, -0.1) is 5.10 Å². The van der Waals surface area contributed by atoms with E-state index in [1.165, 1.54) is 12.3 Å². The molecule has 8 nitrogen and oxygen atoms in total. The van der Waals surface area contributed by atoms with Crippen molar-refractivity contribution in [3.63, 3.8) is 0 Å². The van der Waals surface area contributed by atoms with Gasteiger partial charge in [-0.25, -0.2) is 0 Å². The summed E-state index contributed by atoms with van der Waals surface area (Å²) in [7, 11) is 0. The highest BCUT2D eigenvalue weighted by atomic mass is 79.9. The quantitative estimate of drug-likeness (QED) is 0.338. The molecular formula is C15H14BrN5O3. The second-order valence-electron chi connectivity index (χ2n) is 4.63. The lowest BCUT2D eigenvalue weighted by molar-refractivity contribution is -0.385. The average Bonchev–Trinajstić information content (AvgIpc) is 2.54. The van der Waals surface area contributed by atoms with Crippen molar-refractivity contribution >= 4 is 33.8 Å². The summed E-state index contributed by atoms with van der Waals surface area (Å²) in [5.41, 5.74) is 11.5. The van der Waals surface area contributed by atoms with Gasteiger partial charge in [-0.1, -0.05) is 28.1 Å². The van der Waals surface area contributed by atoms with Crippen molar-refractivity contribution < 1.29 is 9.66 Å². The zero-order valence-electron chi connectivity index (χ0n) is 12.4. The monoisotopic (exact) mass is 391 g/mol. The molecule has 0 bridgehead atoms. The fourth-order valence-electron chi connectivity index (χ4n) is 1.88. The SMILES string of the molecule is NC(N)=N/N=C/c1cc(Br)ccc1OCc1ccccc1[N+](=O)[O-]. The van der Waals surface area contributed by atoms with Crippen LogP contribution in [-0.4, -0.2) is 17.1 Å². The standard InChI is InChI=1S/C15H14BrN5O3/c16-12-5-6-14(11(7-12)8-19-20-15(17)18)24-9-10-3-1-2-4-13(10)21(22)23/h1-8H,9H2,(H4,17,18,20)/b19-8+. The lowest BCUT2D eigenvalue weighted by atomic mass is 10.2. The molecule has 0 amide bonds. The number of para-hydroxylation sites is 1. The number of ether oxygens (including phenoxy) is 1. The van der Waals surface area contributed by atoms with Crippen LogP contribution in [0.5, 0.6) is 5.75 Å². The molecule has 9 heteroatoms. The summed E-state index contributed by atoms with van der Waals surface area (Å²) < 4.78 is 6.51. The topological polar surface area (TPSA) is 129 Å². The van der Waals surface area contributed by atoms with Gasteiger partial charge in [-0.3, -0.25) is 10.1 Å². The number of hydrogen-bond acceptors (Lipinski definition) is 5. The molecule has 0 spiro atoms. The molecule has 2 aromatic rings. The second kappa shape index (κ2) is 8.06. The molecule has 2 aromatic carbocycles. The van der Waals surface area contributed by atoms with Crippen molar-refractivity contribution in [1.82, 2.24) is 0 Å². The minimum atomic E-state index is -0.443. The largest absolute Gasteiger partial charge is 0.488 e. The van der Waals surface area contributed by atoms with Crippen LogP contribution in [0.2, 0.25) is 0 Å². The normalized spacial score (nSPS) is 10.5. The minimum Gasteiger partial charge on any atom is -0.488 e. The van der Waals surface area contributed by atoms with E-state index in [0.717, 1.165) is 4.47 Å². The molecule has 2 rings (SSSR count). The summed E-state index contributed by atoms with van der Waals surface area (Å²) in [5.74, 6) is 0.328. The predicted molar refractivity (Wildman–Crippen MR) is 95.0 cm³/mol. The highest BCUT2D eigenvalue weighted by molar-refractivity contribution is 9.10. The maximum absolute atomic E-state index is 11.0. The molecule has 0 aromatic heterocycles. The number of benzene rings is 2. The van der Waals surface area contributed by atoms with Gasteiger partial charge < -0.3 is 16.2 Å². The zero-order chi connectivity index (χ0) is 17.5. The van der Waals surface area contributed by atoms with Gasteiger partial charge in [0.05, 0.1) is 16.7 Å². The van der Waals surface area contributed by atoms with E-state index in [-0.39, 0.29) is 18.3 Å². The minimum absolute atomic E-state index is 0.00494. The summed E-state index contributed by atoms with van der Waals surface area (Å²) in [6, 6.07) is 11.7. The Morgan fingerprint density at radius 2 is 2.04 bits per heavy atom. The molecule has 0 radical (unpaired) electrons. The van der Waals surface area contributed by atoms with Gasteiger partial charge in [-0.05, 0) is 24.3 Å². The first-order chi connectivity index (χ1) is 11.5. The van der Waals surface area contributed by atoms with Gasteiger partial charge in [0.2, 0.25) is 5.96 Å². The molecule has 0 aliphatic heterocycles. The first-order valence-corrected chi connectivity index (χ1v) is 7.53. The van der Waals surface area contributed by atoms with Crippen molar-refractivity contribution in [2.45, 2.75) is 6.61 Å². The molecule has 0 aliphatic carbocycles. The predicted octanol–water partition coefficient (Wildman–Crippen LogP) is 2.54. The highest BCUT2D eigenvalue weighted by Crippen LogP contribution is 2.25. The van der Waals surface area contributed by atoms with E-state index >= 15 is 0 Å². The molecular weight excluding hydrogens is 378 g/mol. The van der Waals surface area contributed by atoms with Gasteiger partial charge in [0.15, 0.2) is 0 Å². The van der Waals surface area contributed by atoms with E-state index in [2.05, 4.69) is 26.1 Å². The zero-order valence-corrected chi connectivity index (χ0v) is 14.0. The molecule has 0 atom stereocenters. The number of nitro benzene ring substituents is 1. The van der Waals surface area contributed by atoms with Crippen LogP contribution in [0.3, 0.4) is 0 Å². The molecule has 0 heterocycles. The van der Waals surface area contributed by atoms with Crippen LogP contribution >= 0.6 is 15.9 Å². The summed E-state index contributed by atoms with van der Waals surface area (Å²) in [6.07, 6.45) is 1.43. The molecule has 0 aliphatic rings. The van der Waals surface area contributed by atoms with E-state index in [0.29, 0.717) is 16.9 Å². The number of nitrogens with two attached hydrogens (primary N) is 2. The number of rotatable bonds is 6. The summed E-state index contributed by atoms with van der Waals surface area (Å²) in [4.78, 5) is 10.6. The molecule has 0 saturated carbocycles. The van der Waals surface area contributed by atoms with Gasteiger partial charge in [0.1, 0.15) is 12.4 Å². The van der Waals surface area contributed by atoms with Crippen LogP contribution in [0.15, 0.2) is 57.1 Å². The van der Waals surface area contributed by atoms with Gasteiger partial charge in [-0.2, -0.15) is 5.10 Å².